The zero-order valence-corrected chi connectivity index (χ0v) is 9.82. The van der Waals surface area contributed by atoms with Crippen LogP contribution in [0, 0.1) is 0 Å². The molecule has 1 unspecified atom stereocenters. The van der Waals surface area contributed by atoms with Crippen LogP contribution < -0.4 is 0 Å². The van der Waals surface area contributed by atoms with Crippen LogP contribution in [0.3, 0.4) is 0 Å². The molecule has 0 aromatic carbocycles. The van der Waals surface area contributed by atoms with Crippen LogP contribution in [0.4, 0.5) is 0 Å². The molecule has 0 aliphatic carbocycles. The van der Waals surface area contributed by atoms with Crippen LogP contribution in [0.1, 0.15) is 27.7 Å². The lowest BCUT2D eigenvalue weighted by Crippen LogP contribution is -2.51. The van der Waals surface area contributed by atoms with Gasteiger partial charge in [0.25, 0.3) is 0 Å². The van der Waals surface area contributed by atoms with E-state index < -0.39 is 0 Å². The zero-order chi connectivity index (χ0) is 10.6. The normalized spacial score (nSPS) is 24.9. The molecular weight excluding hydrogens is 178 g/mol. The zero-order valence-electron chi connectivity index (χ0n) is 9.82. The molecule has 0 aromatic rings. The monoisotopic (exact) mass is 201 g/mol. The summed E-state index contributed by atoms with van der Waals surface area (Å²) in [6.07, 6.45) is 0.311. The molecular formula is C11H23NO2. The Morgan fingerprint density at radius 2 is 2.07 bits per heavy atom. The molecule has 1 atom stereocenters. The van der Waals surface area contributed by atoms with Gasteiger partial charge in [-0.1, -0.05) is 0 Å². The third-order valence-corrected chi connectivity index (χ3v) is 2.56. The number of morpholine rings is 1. The molecule has 1 saturated heterocycles. The molecule has 3 nitrogen and oxygen atoms in total. The highest BCUT2D eigenvalue weighted by Crippen LogP contribution is 2.11. The molecule has 0 bridgehead atoms. The van der Waals surface area contributed by atoms with Gasteiger partial charge >= 0.3 is 0 Å². The molecule has 0 spiro atoms. The van der Waals surface area contributed by atoms with Crippen molar-refractivity contribution in [1.29, 1.82) is 0 Å². The van der Waals surface area contributed by atoms with Crippen LogP contribution in [-0.4, -0.2) is 49.5 Å². The van der Waals surface area contributed by atoms with Crippen molar-refractivity contribution < 1.29 is 9.47 Å². The van der Waals surface area contributed by atoms with Crippen molar-refractivity contribution in [2.24, 2.45) is 0 Å². The summed E-state index contributed by atoms with van der Waals surface area (Å²) < 4.78 is 11.1. The fraction of sp³-hybridized carbons (Fsp3) is 1.00. The molecule has 1 fully saturated rings. The Bertz CT molecular complexity index is 159. The Morgan fingerprint density at radius 3 is 2.64 bits per heavy atom. The minimum atomic E-state index is 0.311. The summed E-state index contributed by atoms with van der Waals surface area (Å²) in [6, 6.07) is 1.02. The third kappa shape index (κ3) is 3.56. The molecule has 3 heteroatoms. The van der Waals surface area contributed by atoms with Crippen molar-refractivity contribution >= 4 is 0 Å². The second-order valence-corrected chi connectivity index (χ2v) is 4.44. The fourth-order valence-corrected chi connectivity index (χ4v) is 1.79. The predicted molar refractivity (Wildman–Crippen MR) is 57.5 cm³/mol. The second kappa shape index (κ2) is 5.69. The van der Waals surface area contributed by atoms with Crippen LogP contribution in [0.15, 0.2) is 0 Å². The quantitative estimate of drug-likeness (QED) is 0.688. The molecule has 1 heterocycles. The van der Waals surface area contributed by atoms with Gasteiger partial charge < -0.3 is 9.47 Å². The minimum Gasteiger partial charge on any atom is -0.378 e. The largest absolute Gasteiger partial charge is 0.378 e. The van der Waals surface area contributed by atoms with Crippen molar-refractivity contribution in [2.45, 2.75) is 45.9 Å². The van der Waals surface area contributed by atoms with E-state index in [2.05, 4.69) is 32.6 Å². The van der Waals surface area contributed by atoms with Gasteiger partial charge in [-0.25, -0.2) is 0 Å². The lowest BCUT2D eigenvalue weighted by molar-refractivity contribution is -0.0647. The average Bonchev–Trinajstić information content (AvgIpc) is 2.15. The van der Waals surface area contributed by atoms with E-state index in [1.807, 2.05) is 0 Å². The van der Waals surface area contributed by atoms with Crippen LogP contribution >= 0.6 is 0 Å². The fourth-order valence-electron chi connectivity index (χ4n) is 1.79. The number of ether oxygens (including phenoxy) is 2. The first-order chi connectivity index (χ1) is 6.61. The van der Waals surface area contributed by atoms with E-state index in [0.717, 1.165) is 26.4 Å². The lowest BCUT2D eigenvalue weighted by atomic mass is 10.2. The molecule has 14 heavy (non-hydrogen) atoms. The molecule has 0 radical (unpaired) electrons. The number of nitrogens with zero attached hydrogens (tertiary/aromatic N) is 1. The van der Waals surface area contributed by atoms with E-state index in [1.165, 1.54) is 0 Å². The maximum Gasteiger partial charge on any atom is 0.0647 e. The molecule has 1 aliphatic heterocycles. The maximum atomic E-state index is 5.64. The third-order valence-electron chi connectivity index (χ3n) is 2.56. The van der Waals surface area contributed by atoms with Gasteiger partial charge in [0.1, 0.15) is 0 Å². The highest BCUT2D eigenvalue weighted by Gasteiger charge is 2.25. The lowest BCUT2D eigenvalue weighted by Gasteiger charge is -2.38. The van der Waals surface area contributed by atoms with Gasteiger partial charge in [0.05, 0.1) is 32.0 Å². The topological polar surface area (TPSA) is 21.7 Å². The molecule has 84 valence electrons. The van der Waals surface area contributed by atoms with Crippen LogP contribution in [0.2, 0.25) is 0 Å². The van der Waals surface area contributed by atoms with Crippen LogP contribution in [-0.2, 0) is 9.47 Å². The van der Waals surface area contributed by atoms with Gasteiger partial charge in [-0.05, 0) is 27.7 Å². The van der Waals surface area contributed by atoms with E-state index in [1.54, 1.807) is 0 Å². The first kappa shape index (κ1) is 12.0. The number of hydrogen-bond acceptors (Lipinski definition) is 3. The van der Waals surface area contributed by atoms with Gasteiger partial charge in [0, 0.05) is 12.6 Å². The van der Waals surface area contributed by atoms with Crippen molar-refractivity contribution in [3.8, 4) is 0 Å². The van der Waals surface area contributed by atoms with E-state index in [9.17, 15) is 0 Å². The molecule has 0 saturated carbocycles. The smallest absolute Gasteiger partial charge is 0.0647 e. The van der Waals surface area contributed by atoms with Crippen molar-refractivity contribution in [1.82, 2.24) is 4.90 Å². The van der Waals surface area contributed by atoms with Crippen molar-refractivity contribution in [3.05, 3.63) is 0 Å². The summed E-state index contributed by atoms with van der Waals surface area (Å²) in [5.74, 6) is 0. The summed E-state index contributed by atoms with van der Waals surface area (Å²) in [7, 11) is 0. The first-order valence-electron chi connectivity index (χ1n) is 5.56. The van der Waals surface area contributed by atoms with E-state index in [0.29, 0.717) is 18.2 Å². The maximum absolute atomic E-state index is 5.64. The van der Waals surface area contributed by atoms with Gasteiger partial charge in [0.2, 0.25) is 0 Å². The second-order valence-electron chi connectivity index (χ2n) is 4.44. The summed E-state index contributed by atoms with van der Waals surface area (Å²) >= 11 is 0. The molecule has 1 rings (SSSR count). The van der Waals surface area contributed by atoms with Gasteiger partial charge in [0.15, 0.2) is 0 Å². The highest BCUT2D eigenvalue weighted by molar-refractivity contribution is 4.77. The Kier molecular flexibility index (Phi) is 4.85. The van der Waals surface area contributed by atoms with Crippen molar-refractivity contribution in [3.63, 3.8) is 0 Å². The Balaban J connectivity index is 2.38. The van der Waals surface area contributed by atoms with E-state index >= 15 is 0 Å². The SMILES string of the molecule is CC(C)OCC1COCCN1C(C)C. The van der Waals surface area contributed by atoms with Gasteiger partial charge in [-0.15, -0.1) is 0 Å². The number of rotatable bonds is 4. The predicted octanol–water partition coefficient (Wildman–Crippen LogP) is 1.52. The Labute approximate surface area is 87.4 Å². The summed E-state index contributed by atoms with van der Waals surface area (Å²) in [4.78, 5) is 2.46. The van der Waals surface area contributed by atoms with Crippen molar-refractivity contribution in [2.75, 3.05) is 26.4 Å². The molecule has 0 aromatic heterocycles. The summed E-state index contributed by atoms with van der Waals surface area (Å²) in [6.45, 7) is 12.1. The van der Waals surface area contributed by atoms with Crippen LogP contribution in [0.25, 0.3) is 0 Å². The summed E-state index contributed by atoms with van der Waals surface area (Å²) in [5, 5.41) is 0. The first-order valence-corrected chi connectivity index (χ1v) is 5.56. The highest BCUT2D eigenvalue weighted by atomic mass is 16.5. The van der Waals surface area contributed by atoms with Crippen LogP contribution in [0.5, 0.6) is 0 Å². The van der Waals surface area contributed by atoms with Gasteiger partial charge in [-0.3, -0.25) is 4.90 Å². The summed E-state index contributed by atoms with van der Waals surface area (Å²) in [5.41, 5.74) is 0. The number of hydrogen-bond donors (Lipinski definition) is 0. The molecule has 0 N–H and O–H groups in total. The molecule has 1 aliphatic rings. The minimum absolute atomic E-state index is 0.311. The Morgan fingerprint density at radius 1 is 1.36 bits per heavy atom. The van der Waals surface area contributed by atoms with Gasteiger partial charge in [-0.2, -0.15) is 0 Å². The average molecular weight is 201 g/mol. The standard InChI is InChI=1S/C11H23NO2/c1-9(2)12-5-6-13-7-11(12)8-14-10(3)4/h9-11H,5-8H2,1-4H3. The van der Waals surface area contributed by atoms with E-state index in [-0.39, 0.29) is 0 Å². The van der Waals surface area contributed by atoms with E-state index in [4.69, 9.17) is 9.47 Å². The molecule has 0 amide bonds. The Hall–Kier alpha value is -0.120.